The van der Waals surface area contributed by atoms with Crippen LogP contribution in [0.5, 0.6) is 0 Å². The summed E-state index contributed by atoms with van der Waals surface area (Å²) in [5, 5.41) is 10.6. The molecular weight excluding hydrogens is 297 g/mol. The molecule has 0 saturated heterocycles. The van der Waals surface area contributed by atoms with Crippen molar-refractivity contribution < 1.29 is 9.50 Å². The van der Waals surface area contributed by atoms with E-state index in [1.807, 2.05) is 0 Å². The number of rotatable bonds is 2. The monoisotopic (exact) mass is 304 g/mol. The quantitative estimate of drug-likeness (QED) is 0.839. The molecule has 0 spiro atoms. The molecule has 1 nitrogen and oxygen atoms in total. The molecule has 0 bridgehead atoms. The normalized spacial score (nSPS) is 12.5. The van der Waals surface area contributed by atoms with Crippen molar-refractivity contribution >= 4 is 34.8 Å². The van der Waals surface area contributed by atoms with Gasteiger partial charge in [0.2, 0.25) is 0 Å². The first kappa shape index (κ1) is 13.6. The van der Waals surface area contributed by atoms with E-state index in [0.29, 0.717) is 10.6 Å². The highest BCUT2D eigenvalue weighted by molar-refractivity contribution is 6.42. The van der Waals surface area contributed by atoms with Gasteiger partial charge in [-0.25, -0.2) is 4.39 Å². The molecule has 2 rings (SSSR count). The lowest BCUT2D eigenvalue weighted by Gasteiger charge is -2.15. The Kier molecular flexibility index (Phi) is 4.13. The third-order valence-corrected chi connectivity index (χ3v) is 3.78. The van der Waals surface area contributed by atoms with Gasteiger partial charge in [0.15, 0.2) is 0 Å². The zero-order valence-electron chi connectivity index (χ0n) is 9.00. The summed E-state index contributed by atoms with van der Waals surface area (Å²) in [6.45, 7) is 0. The van der Waals surface area contributed by atoms with E-state index in [1.54, 1.807) is 18.2 Å². The van der Waals surface area contributed by atoms with Gasteiger partial charge >= 0.3 is 0 Å². The van der Waals surface area contributed by atoms with Gasteiger partial charge < -0.3 is 5.11 Å². The fraction of sp³-hybridized carbons (Fsp3) is 0.0769. The summed E-state index contributed by atoms with van der Waals surface area (Å²) in [6.07, 6.45) is -1.13. The Hall–Kier alpha value is -0.800. The largest absolute Gasteiger partial charge is 0.384 e. The molecule has 18 heavy (non-hydrogen) atoms. The van der Waals surface area contributed by atoms with E-state index in [-0.39, 0.29) is 15.6 Å². The van der Waals surface area contributed by atoms with Crippen LogP contribution in [-0.2, 0) is 0 Å². The highest BCUT2D eigenvalue weighted by Gasteiger charge is 2.19. The maximum atomic E-state index is 13.3. The third-order valence-electron chi connectivity index (χ3n) is 2.55. The Morgan fingerprint density at radius 2 is 1.44 bits per heavy atom. The smallest absolute Gasteiger partial charge is 0.142 e. The SMILES string of the molecule is OC(c1cccc(F)c1Cl)c1cccc(Cl)c1Cl. The number of aliphatic hydroxyl groups excluding tert-OH is 1. The summed E-state index contributed by atoms with van der Waals surface area (Å²) in [5.41, 5.74) is 0.637. The number of halogens is 4. The van der Waals surface area contributed by atoms with Crippen LogP contribution in [0.15, 0.2) is 36.4 Å². The molecule has 1 unspecified atom stereocenters. The van der Waals surface area contributed by atoms with Gasteiger partial charge in [-0.15, -0.1) is 0 Å². The van der Waals surface area contributed by atoms with E-state index in [0.717, 1.165) is 0 Å². The average molecular weight is 306 g/mol. The minimum atomic E-state index is -1.13. The Labute approximate surface area is 119 Å². The number of hydrogen-bond donors (Lipinski definition) is 1. The first-order valence-corrected chi connectivity index (χ1v) is 6.21. The van der Waals surface area contributed by atoms with Gasteiger partial charge in [0, 0.05) is 11.1 Å². The first-order chi connectivity index (χ1) is 8.52. The highest BCUT2D eigenvalue weighted by atomic mass is 35.5. The summed E-state index contributed by atoms with van der Waals surface area (Å²) in [4.78, 5) is 0. The van der Waals surface area contributed by atoms with E-state index in [2.05, 4.69) is 0 Å². The summed E-state index contributed by atoms with van der Waals surface area (Å²) < 4.78 is 13.3. The van der Waals surface area contributed by atoms with Crippen LogP contribution in [0.2, 0.25) is 15.1 Å². The maximum absolute atomic E-state index is 13.3. The molecule has 2 aromatic rings. The molecule has 5 heteroatoms. The van der Waals surface area contributed by atoms with Crippen LogP contribution in [0, 0.1) is 5.82 Å². The molecule has 0 aliphatic rings. The Bertz CT molecular complexity index is 535. The molecule has 2 aromatic carbocycles. The van der Waals surface area contributed by atoms with Gasteiger partial charge in [-0.1, -0.05) is 59.1 Å². The Morgan fingerprint density at radius 3 is 2.11 bits per heavy atom. The maximum Gasteiger partial charge on any atom is 0.142 e. The van der Waals surface area contributed by atoms with Crippen LogP contribution >= 0.6 is 34.8 Å². The van der Waals surface area contributed by atoms with Crippen molar-refractivity contribution in [2.75, 3.05) is 0 Å². The molecule has 0 heterocycles. The number of benzene rings is 2. The van der Waals surface area contributed by atoms with Gasteiger partial charge in [0.05, 0.1) is 15.1 Å². The fourth-order valence-electron chi connectivity index (χ4n) is 1.63. The van der Waals surface area contributed by atoms with Gasteiger partial charge in [0.25, 0.3) is 0 Å². The Morgan fingerprint density at radius 1 is 0.889 bits per heavy atom. The third kappa shape index (κ3) is 2.47. The molecule has 1 atom stereocenters. The summed E-state index contributed by atoms with van der Waals surface area (Å²) in [5.74, 6) is -0.591. The summed E-state index contributed by atoms with van der Waals surface area (Å²) >= 11 is 17.7. The van der Waals surface area contributed by atoms with Gasteiger partial charge in [0.1, 0.15) is 11.9 Å². The van der Waals surface area contributed by atoms with Crippen molar-refractivity contribution in [1.82, 2.24) is 0 Å². The number of hydrogen-bond acceptors (Lipinski definition) is 1. The first-order valence-electron chi connectivity index (χ1n) is 5.08. The van der Waals surface area contributed by atoms with Gasteiger partial charge in [-0.05, 0) is 12.1 Å². The average Bonchev–Trinajstić information content (AvgIpc) is 2.35. The van der Waals surface area contributed by atoms with E-state index in [1.165, 1.54) is 18.2 Å². The van der Waals surface area contributed by atoms with E-state index in [9.17, 15) is 9.50 Å². The topological polar surface area (TPSA) is 20.2 Å². The van der Waals surface area contributed by atoms with E-state index < -0.39 is 11.9 Å². The van der Waals surface area contributed by atoms with Crippen molar-refractivity contribution in [1.29, 1.82) is 0 Å². The minimum absolute atomic E-state index is 0.124. The standard InChI is InChI=1S/C13H8Cl3FO/c14-9-5-1-3-7(11(9)15)13(18)8-4-2-6-10(17)12(8)16/h1-6,13,18H. The number of aliphatic hydroxyl groups is 1. The minimum Gasteiger partial charge on any atom is -0.384 e. The van der Waals surface area contributed by atoms with Crippen LogP contribution in [-0.4, -0.2) is 5.11 Å². The van der Waals surface area contributed by atoms with Crippen molar-refractivity contribution in [2.45, 2.75) is 6.10 Å². The fourth-order valence-corrected chi connectivity index (χ4v) is 2.27. The lowest BCUT2D eigenvalue weighted by Crippen LogP contribution is -2.02. The highest BCUT2D eigenvalue weighted by Crippen LogP contribution is 2.36. The van der Waals surface area contributed by atoms with Gasteiger partial charge in [-0.2, -0.15) is 0 Å². The molecule has 1 N–H and O–H groups in total. The lowest BCUT2D eigenvalue weighted by molar-refractivity contribution is 0.220. The molecule has 0 aliphatic heterocycles. The molecule has 0 fully saturated rings. The summed E-state index contributed by atoms with van der Waals surface area (Å²) in [6, 6.07) is 9.09. The van der Waals surface area contributed by atoms with Crippen LogP contribution in [0.4, 0.5) is 4.39 Å². The lowest BCUT2D eigenvalue weighted by atomic mass is 10.0. The molecule has 0 saturated carbocycles. The molecule has 0 aromatic heterocycles. The second-order valence-corrected chi connectivity index (χ2v) is 4.85. The van der Waals surface area contributed by atoms with Gasteiger partial charge in [-0.3, -0.25) is 0 Å². The summed E-state index contributed by atoms with van der Waals surface area (Å²) in [7, 11) is 0. The van der Waals surface area contributed by atoms with Crippen LogP contribution in [0.3, 0.4) is 0 Å². The zero-order valence-corrected chi connectivity index (χ0v) is 11.3. The molecular formula is C13H8Cl3FO. The van der Waals surface area contributed by atoms with Crippen molar-refractivity contribution in [3.05, 3.63) is 68.4 Å². The second kappa shape index (κ2) is 5.45. The predicted molar refractivity (Wildman–Crippen MR) is 71.9 cm³/mol. The predicted octanol–water partition coefficient (Wildman–Crippen LogP) is 4.87. The Balaban J connectivity index is 2.51. The second-order valence-electron chi connectivity index (χ2n) is 3.69. The van der Waals surface area contributed by atoms with Crippen molar-refractivity contribution in [3.8, 4) is 0 Å². The molecule has 0 radical (unpaired) electrons. The van der Waals surface area contributed by atoms with Crippen LogP contribution < -0.4 is 0 Å². The van der Waals surface area contributed by atoms with E-state index >= 15 is 0 Å². The van der Waals surface area contributed by atoms with Crippen molar-refractivity contribution in [3.63, 3.8) is 0 Å². The van der Waals surface area contributed by atoms with Crippen LogP contribution in [0.1, 0.15) is 17.2 Å². The van der Waals surface area contributed by atoms with Crippen LogP contribution in [0.25, 0.3) is 0 Å². The zero-order chi connectivity index (χ0) is 13.3. The molecule has 0 aliphatic carbocycles. The molecule has 94 valence electrons. The molecule has 0 amide bonds. The van der Waals surface area contributed by atoms with E-state index in [4.69, 9.17) is 34.8 Å². The van der Waals surface area contributed by atoms with Crippen molar-refractivity contribution in [2.24, 2.45) is 0 Å².